The average Bonchev–Trinajstić information content (AvgIpc) is 2.39. The summed E-state index contributed by atoms with van der Waals surface area (Å²) in [7, 11) is 0. The van der Waals surface area contributed by atoms with Crippen molar-refractivity contribution in [2.75, 3.05) is 32.7 Å². The third-order valence-corrected chi connectivity index (χ3v) is 4.69. The van der Waals surface area contributed by atoms with Crippen LogP contribution in [0.3, 0.4) is 0 Å². The molecule has 0 aromatic rings. The van der Waals surface area contributed by atoms with Gasteiger partial charge in [0.25, 0.3) is 0 Å². The van der Waals surface area contributed by atoms with Crippen LogP contribution in [0.2, 0.25) is 0 Å². The second-order valence-electron chi connectivity index (χ2n) is 7.77. The van der Waals surface area contributed by atoms with Crippen molar-refractivity contribution in [3.05, 3.63) is 0 Å². The van der Waals surface area contributed by atoms with Gasteiger partial charge in [-0.2, -0.15) is 0 Å². The van der Waals surface area contributed by atoms with Gasteiger partial charge in [0, 0.05) is 38.8 Å². The summed E-state index contributed by atoms with van der Waals surface area (Å²) in [5, 5.41) is 3.26. The Kier molecular flexibility index (Phi) is 5.91. The van der Waals surface area contributed by atoms with E-state index < -0.39 is 0 Å². The van der Waals surface area contributed by atoms with Gasteiger partial charge in [0.05, 0.1) is 0 Å². The highest BCUT2D eigenvalue weighted by molar-refractivity contribution is 5.74. The Morgan fingerprint density at radius 2 is 1.71 bits per heavy atom. The summed E-state index contributed by atoms with van der Waals surface area (Å²) in [5.74, 6) is 1.99. The number of hydrogen-bond donors (Lipinski definition) is 1. The number of nitrogens with one attached hydrogen (secondary N) is 1. The standard InChI is InChI=1S/C17H33N3O/c1-13(2)10-19-7-5-16(6-8-19)18-17(21)20-11-14(3)9-15(4)12-20/h13-16H,5-12H2,1-4H3,(H,18,21)/t14-,15-/m1/s1. The lowest BCUT2D eigenvalue weighted by Gasteiger charge is -2.38. The number of urea groups is 1. The molecule has 0 aromatic heterocycles. The topological polar surface area (TPSA) is 35.6 Å². The molecule has 2 fully saturated rings. The Labute approximate surface area is 130 Å². The molecule has 0 saturated carbocycles. The number of nitrogens with zero attached hydrogens (tertiary/aromatic N) is 2. The van der Waals surface area contributed by atoms with Crippen molar-refractivity contribution in [1.29, 1.82) is 0 Å². The number of carbonyl (C=O) groups is 1. The van der Waals surface area contributed by atoms with E-state index >= 15 is 0 Å². The van der Waals surface area contributed by atoms with Crippen molar-refractivity contribution in [3.63, 3.8) is 0 Å². The molecule has 2 saturated heterocycles. The van der Waals surface area contributed by atoms with Gasteiger partial charge in [-0.1, -0.05) is 27.7 Å². The molecule has 2 aliphatic heterocycles. The number of amides is 2. The summed E-state index contributed by atoms with van der Waals surface area (Å²) in [6.45, 7) is 14.3. The van der Waals surface area contributed by atoms with E-state index in [-0.39, 0.29) is 6.03 Å². The highest BCUT2D eigenvalue weighted by Crippen LogP contribution is 2.21. The maximum absolute atomic E-state index is 12.4. The fourth-order valence-electron chi connectivity index (χ4n) is 3.87. The molecule has 2 aliphatic rings. The van der Waals surface area contributed by atoms with Crippen LogP contribution in [-0.2, 0) is 0 Å². The van der Waals surface area contributed by atoms with Crippen LogP contribution in [0.1, 0.15) is 47.0 Å². The molecule has 2 rings (SSSR count). The molecule has 0 spiro atoms. The van der Waals surface area contributed by atoms with Crippen molar-refractivity contribution >= 4 is 6.03 Å². The van der Waals surface area contributed by atoms with E-state index in [1.807, 2.05) is 4.90 Å². The lowest BCUT2D eigenvalue weighted by Crippen LogP contribution is -2.52. The fourth-order valence-corrected chi connectivity index (χ4v) is 3.87. The molecule has 2 heterocycles. The molecule has 122 valence electrons. The molecule has 4 heteroatoms. The van der Waals surface area contributed by atoms with Crippen molar-refractivity contribution in [2.24, 2.45) is 17.8 Å². The minimum atomic E-state index is 0.163. The molecule has 4 nitrogen and oxygen atoms in total. The first-order valence-corrected chi connectivity index (χ1v) is 8.71. The van der Waals surface area contributed by atoms with E-state index in [2.05, 4.69) is 37.9 Å². The van der Waals surface area contributed by atoms with Crippen LogP contribution in [0.15, 0.2) is 0 Å². The maximum atomic E-state index is 12.4. The zero-order valence-corrected chi connectivity index (χ0v) is 14.3. The molecule has 0 radical (unpaired) electrons. The molecule has 2 amide bonds. The SMILES string of the molecule is CC(C)CN1CCC(NC(=O)N2C[C@H](C)C[C@@H](C)C2)CC1. The van der Waals surface area contributed by atoms with E-state index in [0.717, 1.165) is 44.9 Å². The number of rotatable bonds is 3. The minimum Gasteiger partial charge on any atom is -0.335 e. The number of piperidine rings is 2. The minimum absolute atomic E-state index is 0.163. The van der Waals surface area contributed by atoms with Crippen LogP contribution in [0, 0.1) is 17.8 Å². The lowest BCUT2D eigenvalue weighted by atomic mass is 9.92. The summed E-state index contributed by atoms with van der Waals surface area (Å²) in [6, 6.07) is 0.532. The van der Waals surface area contributed by atoms with Crippen molar-refractivity contribution in [2.45, 2.75) is 53.0 Å². The van der Waals surface area contributed by atoms with Gasteiger partial charge >= 0.3 is 6.03 Å². The van der Waals surface area contributed by atoms with Crippen molar-refractivity contribution < 1.29 is 4.79 Å². The smallest absolute Gasteiger partial charge is 0.317 e. The van der Waals surface area contributed by atoms with E-state index in [0.29, 0.717) is 17.9 Å². The van der Waals surface area contributed by atoms with Crippen LogP contribution in [-0.4, -0.2) is 54.6 Å². The van der Waals surface area contributed by atoms with Crippen LogP contribution in [0.4, 0.5) is 4.79 Å². The quantitative estimate of drug-likeness (QED) is 0.869. The van der Waals surface area contributed by atoms with Crippen LogP contribution < -0.4 is 5.32 Å². The zero-order valence-electron chi connectivity index (χ0n) is 14.3. The summed E-state index contributed by atoms with van der Waals surface area (Å²) < 4.78 is 0. The van der Waals surface area contributed by atoms with Crippen molar-refractivity contribution in [1.82, 2.24) is 15.1 Å². The summed E-state index contributed by atoms with van der Waals surface area (Å²) in [6.07, 6.45) is 3.44. The van der Waals surface area contributed by atoms with Gasteiger partial charge in [0.2, 0.25) is 0 Å². The third-order valence-electron chi connectivity index (χ3n) is 4.69. The highest BCUT2D eigenvalue weighted by atomic mass is 16.2. The van der Waals surface area contributed by atoms with Crippen LogP contribution in [0.25, 0.3) is 0 Å². The van der Waals surface area contributed by atoms with Crippen LogP contribution >= 0.6 is 0 Å². The normalized spacial score (nSPS) is 28.9. The Bertz CT molecular complexity index is 327. The highest BCUT2D eigenvalue weighted by Gasteiger charge is 2.27. The van der Waals surface area contributed by atoms with Gasteiger partial charge < -0.3 is 15.1 Å². The molecule has 2 atom stereocenters. The van der Waals surface area contributed by atoms with Crippen LogP contribution in [0.5, 0.6) is 0 Å². The van der Waals surface area contributed by atoms with Gasteiger partial charge in [-0.25, -0.2) is 4.79 Å². The Hall–Kier alpha value is -0.770. The predicted molar refractivity (Wildman–Crippen MR) is 87.3 cm³/mol. The number of hydrogen-bond acceptors (Lipinski definition) is 2. The van der Waals surface area contributed by atoms with Gasteiger partial charge in [0.15, 0.2) is 0 Å². The molecular weight excluding hydrogens is 262 g/mol. The molecule has 0 bridgehead atoms. The predicted octanol–water partition coefficient (Wildman–Crippen LogP) is 2.79. The first-order valence-electron chi connectivity index (χ1n) is 8.71. The monoisotopic (exact) mass is 295 g/mol. The summed E-state index contributed by atoms with van der Waals surface area (Å²) in [4.78, 5) is 17.0. The van der Waals surface area contributed by atoms with E-state index in [1.165, 1.54) is 13.0 Å². The largest absolute Gasteiger partial charge is 0.335 e. The lowest BCUT2D eigenvalue weighted by molar-refractivity contribution is 0.134. The van der Waals surface area contributed by atoms with E-state index in [4.69, 9.17) is 0 Å². The maximum Gasteiger partial charge on any atom is 0.317 e. The van der Waals surface area contributed by atoms with Gasteiger partial charge in [0.1, 0.15) is 0 Å². The van der Waals surface area contributed by atoms with Gasteiger partial charge in [-0.15, -0.1) is 0 Å². The summed E-state index contributed by atoms with van der Waals surface area (Å²) in [5.41, 5.74) is 0. The second kappa shape index (κ2) is 7.48. The average molecular weight is 295 g/mol. The zero-order chi connectivity index (χ0) is 15.4. The number of carbonyl (C=O) groups excluding carboxylic acids is 1. The van der Waals surface area contributed by atoms with E-state index in [1.54, 1.807) is 0 Å². The molecule has 1 N–H and O–H groups in total. The molecule has 0 unspecified atom stereocenters. The number of likely N-dealkylation sites (tertiary alicyclic amines) is 2. The van der Waals surface area contributed by atoms with Gasteiger partial charge in [-0.3, -0.25) is 0 Å². The molecule has 0 aliphatic carbocycles. The molecule has 0 aromatic carbocycles. The Morgan fingerprint density at radius 1 is 1.14 bits per heavy atom. The van der Waals surface area contributed by atoms with Gasteiger partial charge in [-0.05, 0) is 37.0 Å². The first kappa shape index (κ1) is 16.6. The Balaban J connectivity index is 1.74. The second-order valence-corrected chi connectivity index (χ2v) is 7.77. The molecule has 21 heavy (non-hydrogen) atoms. The third kappa shape index (κ3) is 5.17. The molecular formula is C17H33N3O. The van der Waals surface area contributed by atoms with Crippen molar-refractivity contribution in [3.8, 4) is 0 Å². The Morgan fingerprint density at radius 3 is 2.24 bits per heavy atom. The van der Waals surface area contributed by atoms with E-state index in [9.17, 15) is 4.79 Å². The fraction of sp³-hybridized carbons (Fsp3) is 0.941. The first-order chi connectivity index (χ1) is 9.94. The summed E-state index contributed by atoms with van der Waals surface area (Å²) >= 11 is 0.